The van der Waals surface area contributed by atoms with Crippen LogP contribution in [-0.2, 0) is 21.7 Å². The number of hydrogen-bond acceptors (Lipinski definition) is 2. The maximum atomic E-state index is 8.99. The lowest BCUT2D eigenvalue weighted by Crippen LogP contribution is -2.33. The minimum absolute atomic E-state index is 0.0307. The second-order valence-electron chi connectivity index (χ2n) is 26.0. The zero-order chi connectivity index (χ0) is 59.4. The molecule has 404 valence electrons. The number of aryl methyl sites for hydroxylation is 1. The molecule has 13 rings (SSSR count). The van der Waals surface area contributed by atoms with Gasteiger partial charge in [-0.1, -0.05) is 197 Å². The van der Waals surface area contributed by atoms with Crippen LogP contribution in [0, 0.1) is 6.85 Å². The SMILES string of the molecule is [2H]C([2H])([2H])c1cc(-n2c3ccc(C(C)(C)C)cc3c3ccc(Oc4cccc([N+]5=C=[N+](c6c(-c7ccccc7)cc(C(C)(C)C)cc6-c6ccc(-c7ccccc7)cc6)c6ccccc65)c4)cc32)ncc1-c1ccc2c(c1)C(C)(C)CCC2(C)C. The van der Waals surface area contributed by atoms with Crippen LogP contribution in [0.15, 0.2) is 212 Å². The molecule has 5 heteroatoms. The normalized spacial score (nSPS) is 15.3. The van der Waals surface area contributed by atoms with Crippen molar-refractivity contribution in [3.63, 3.8) is 0 Å². The fourth-order valence-corrected chi connectivity index (χ4v) is 12.4. The summed E-state index contributed by atoms with van der Waals surface area (Å²) in [6.45, 7) is 20.3. The van der Waals surface area contributed by atoms with Crippen molar-refractivity contribution in [2.24, 2.45) is 0 Å². The number of nitrogens with zero attached hydrogens (tertiary/aromatic N) is 4. The van der Waals surface area contributed by atoms with Crippen LogP contribution in [0.2, 0.25) is 0 Å². The van der Waals surface area contributed by atoms with E-state index < -0.39 is 6.85 Å². The lowest BCUT2D eigenvalue weighted by molar-refractivity contribution is 0.332. The first-order valence-corrected chi connectivity index (χ1v) is 28.9. The summed E-state index contributed by atoms with van der Waals surface area (Å²) in [5.41, 5.74) is 19.0. The summed E-state index contributed by atoms with van der Waals surface area (Å²) in [6, 6.07) is 76.6. The molecule has 2 aromatic heterocycles. The van der Waals surface area contributed by atoms with Crippen LogP contribution in [0.25, 0.3) is 72.1 Å². The largest absolute Gasteiger partial charge is 0.503 e. The Balaban J connectivity index is 0.936. The number of fused-ring (bicyclic) bond motifs is 5. The molecule has 0 fully saturated rings. The number of ether oxygens (including phenoxy) is 1. The summed E-state index contributed by atoms with van der Waals surface area (Å²) in [5.74, 6) is 1.80. The summed E-state index contributed by atoms with van der Waals surface area (Å²) < 4.78 is 40.4. The molecular formula is C77H72N4O+2. The highest BCUT2D eigenvalue weighted by Gasteiger charge is 2.41. The van der Waals surface area contributed by atoms with E-state index in [4.69, 9.17) is 13.8 Å². The molecule has 5 nitrogen and oxygen atoms in total. The van der Waals surface area contributed by atoms with E-state index in [-0.39, 0.29) is 27.2 Å². The zero-order valence-electron chi connectivity index (χ0n) is 51.8. The van der Waals surface area contributed by atoms with Crippen LogP contribution < -0.4 is 13.9 Å². The van der Waals surface area contributed by atoms with Crippen molar-refractivity contribution in [2.75, 3.05) is 0 Å². The molecule has 0 radical (unpaired) electrons. The van der Waals surface area contributed by atoms with Crippen molar-refractivity contribution in [3.8, 4) is 61.8 Å². The predicted molar refractivity (Wildman–Crippen MR) is 345 cm³/mol. The highest BCUT2D eigenvalue weighted by atomic mass is 16.5. The van der Waals surface area contributed by atoms with E-state index >= 15 is 0 Å². The molecule has 9 aromatic carbocycles. The van der Waals surface area contributed by atoms with Gasteiger partial charge in [0.15, 0.2) is 0 Å². The first-order valence-electron chi connectivity index (χ1n) is 30.4. The maximum absolute atomic E-state index is 8.99. The van der Waals surface area contributed by atoms with E-state index in [1.165, 1.54) is 27.8 Å². The van der Waals surface area contributed by atoms with E-state index in [2.05, 4.69) is 271 Å². The van der Waals surface area contributed by atoms with E-state index in [0.717, 1.165) is 90.8 Å². The van der Waals surface area contributed by atoms with E-state index in [9.17, 15) is 0 Å². The van der Waals surface area contributed by atoms with Gasteiger partial charge >= 0.3 is 6.01 Å². The summed E-state index contributed by atoms with van der Waals surface area (Å²) in [6.07, 6.45) is 3.93. The Morgan fingerprint density at radius 1 is 0.488 bits per heavy atom. The average molecular weight is 1070 g/mol. The van der Waals surface area contributed by atoms with Crippen molar-refractivity contribution in [1.29, 1.82) is 0 Å². The van der Waals surface area contributed by atoms with Gasteiger partial charge in [-0.15, -0.1) is 0 Å². The lowest BCUT2D eigenvalue weighted by Gasteiger charge is -2.42. The zero-order valence-corrected chi connectivity index (χ0v) is 48.8. The van der Waals surface area contributed by atoms with Gasteiger partial charge in [-0.3, -0.25) is 4.57 Å². The van der Waals surface area contributed by atoms with Gasteiger partial charge in [0.2, 0.25) is 11.4 Å². The Labute approximate surface area is 488 Å². The average Bonchev–Trinajstić information content (AvgIpc) is 1.88. The molecule has 0 N–H and O–H groups in total. The minimum atomic E-state index is -2.42. The third kappa shape index (κ3) is 9.37. The van der Waals surface area contributed by atoms with Gasteiger partial charge < -0.3 is 4.74 Å². The van der Waals surface area contributed by atoms with Gasteiger partial charge in [0, 0.05) is 50.9 Å². The van der Waals surface area contributed by atoms with E-state index in [1.807, 2.05) is 18.2 Å². The van der Waals surface area contributed by atoms with Crippen molar-refractivity contribution >= 4 is 50.6 Å². The van der Waals surface area contributed by atoms with E-state index in [1.54, 1.807) is 12.3 Å². The Bertz CT molecular complexity index is 4530. The molecule has 3 heterocycles. The molecule has 0 bridgehead atoms. The first-order chi connectivity index (χ1) is 40.5. The van der Waals surface area contributed by atoms with Gasteiger partial charge in [-0.25, -0.2) is 4.98 Å². The molecule has 2 aliphatic rings. The molecule has 0 unspecified atom stereocenters. The molecule has 0 saturated carbocycles. The fourth-order valence-electron chi connectivity index (χ4n) is 12.4. The lowest BCUT2D eigenvalue weighted by atomic mass is 9.63. The highest BCUT2D eigenvalue weighted by molar-refractivity contribution is 6.10. The topological polar surface area (TPSA) is 33.1 Å². The van der Waals surface area contributed by atoms with Crippen LogP contribution in [0.1, 0.15) is 114 Å². The van der Waals surface area contributed by atoms with Crippen LogP contribution in [0.4, 0.5) is 22.7 Å². The number of pyridine rings is 1. The van der Waals surface area contributed by atoms with E-state index in [0.29, 0.717) is 22.9 Å². The molecule has 0 amide bonds. The molecule has 1 aliphatic heterocycles. The third-order valence-corrected chi connectivity index (χ3v) is 17.3. The number of hydrogen-bond donors (Lipinski definition) is 0. The van der Waals surface area contributed by atoms with Crippen molar-refractivity contribution in [3.05, 3.63) is 240 Å². The summed E-state index contributed by atoms with van der Waals surface area (Å²) in [4.78, 5) is 5.17. The van der Waals surface area contributed by atoms with Crippen LogP contribution in [-0.4, -0.2) is 15.6 Å². The molecule has 0 saturated heterocycles. The number of rotatable bonds is 9. The van der Waals surface area contributed by atoms with Crippen LogP contribution in [0.5, 0.6) is 11.5 Å². The molecule has 0 atom stereocenters. The Kier molecular flexibility index (Phi) is 11.8. The fraction of sp³-hybridized carbons (Fsp3) is 0.221. The smallest absolute Gasteiger partial charge is 0.457 e. The second kappa shape index (κ2) is 19.7. The van der Waals surface area contributed by atoms with Gasteiger partial charge in [-0.05, 0) is 155 Å². The van der Waals surface area contributed by atoms with Gasteiger partial charge in [0.1, 0.15) is 17.3 Å². The third-order valence-electron chi connectivity index (χ3n) is 17.3. The Morgan fingerprint density at radius 2 is 1.09 bits per heavy atom. The molecule has 1 aliphatic carbocycles. The summed E-state index contributed by atoms with van der Waals surface area (Å²) >= 11 is 0. The quantitative estimate of drug-likeness (QED) is 0.135. The number of aromatic nitrogens is 2. The number of benzene rings is 9. The standard InChI is InChI=1S/C77H72N4O/c1-50-41-72(78-48-65(50)55-33-37-66-67(42-55)77(10,11)40-39-76(66,8)9)81-68-38-34-56(74(2,3)4)43-64(68)61-36-35-60(47-71(61)81)82-59-26-20-25-58(46-59)79-49-80(70-28-19-18-27-69(70)79)73-62(53-23-16-13-17-24-53)44-57(75(5,6)7)45-63(73)54-31-29-52(30-32-54)51-21-14-12-15-22-51/h12-38,41-48H,39-40H2,1-11H3/q+2/i1D3. The Hall–Kier alpha value is -8.89. The minimum Gasteiger partial charge on any atom is -0.457 e. The van der Waals surface area contributed by atoms with Gasteiger partial charge in [0.05, 0.1) is 28.2 Å². The monoisotopic (exact) mass is 1070 g/mol. The summed E-state index contributed by atoms with van der Waals surface area (Å²) in [5, 5.41) is 2.06. The van der Waals surface area contributed by atoms with Crippen molar-refractivity contribution in [1.82, 2.24) is 18.7 Å². The second-order valence-corrected chi connectivity index (χ2v) is 26.0. The Morgan fingerprint density at radius 3 is 1.77 bits per heavy atom. The van der Waals surface area contributed by atoms with Crippen molar-refractivity contribution in [2.45, 2.75) is 111 Å². The number of para-hydroxylation sites is 2. The molecular weight excluding hydrogens is 997 g/mol. The van der Waals surface area contributed by atoms with Crippen LogP contribution >= 0.6 is 0 Å². The van der Waals surface area contributed by atoms with Gasteiger partial charge in [0.25, 0.3) is 11.4 Å². The molecule has 0 spiro atoms. The van der Waals surface area contributed by atoms with Crippen molar-refractivity contribution < 1.29 is 8.85 Å². The van der Waals surface area contributed by atoms with Crippen LogP contribution in [0.3, 0.4) is 0 Å². The van der Waals surface area contributed by atoms with Gasteiger partial charge in [-0.2, -0.15) is 0 Å². The highest BCUT2D eigenvalue weighted by Crippen LogP contribution is 2.49. The maximum Gasteiger partial charge on any atom is 0.503 e. The summed E-state index contributed by atoms with van der Waals surface area (Å²) in [7, 11) is 0. The first kappa shape index (κ1) is 49.0. The predicted octanol–water partition coefficient (Wildman–Crippen LogP) is 20.7. The molecule has 11 aromatic rings. The molecule has 82 heavy (non-hydrogen) atoms.